The van der Waals surface area contributed by atoms with E-state index in [1.165, 1.54) is 0 Å². The van der Waals surface area contributed by atoms with Gasteiger partial charge in [-0.3, -0.25) is 4.68 Å². The topological polar surface area (TPSA) is 39.9 Å². The second-order valence-corrected chi connectivity index (χ2v) is 3.36. The number of hydrogen-bond acceptors (Lipinski definition) is 3. The smallest absolute Gasteiger partial charge is 0.213 e. The predicted molar refractivity (Wildman–Crippen MR) is 57.7 cm³/mol. The largest absolute Gasteiger partial charge is 0.481 e. The fourth-order valence-electron chi connectivity index (χ4n) is 1.58. The third-order valence-electron chi connectivity index (χ3n) is 2.30. The Balaban J connectivity index is 2.53. The molecule has 4 nitrogen and oxygen atoms in total. The van der Waals surface area contributed by atoms with Gasteiger partial charge in [-0.25, -0.2) is 4.98 Å². The van der Waals surface area contributed by atoms with Gasteiger partial charge in [-0.2, -0.15) is 5.10 Å². The molecule has 0 amide bonds. The lowest BCUT2D eigenvalue weighted by atomic mass is 10.2. The number of nitrogens with zero attached hydrogens (tertiary/aromatic N) is 3. The van der Waals surface area contributed by atoms with Crippen molar-refractivity contribution in [3.8, 4) is 17.3 Å². The molecule has 2 heterocycles. The van der Waals surface area contributed by atoms with Crippen LogP contribution in [0.4, 0.5) is 0 Å². The summed E-state index contributed by atoms with van der Waals surface area (Å²) in [5.41, 5.74) is 3.01. The fourth-order valence-corrected chi connectivity index (χ4v) is 1.58. The molecule has 2 rings (SSSR count). The monoisotopic (exact) mass is 203 g/mol. The maximum Gasteiger partial charge on any atom is 0.213 e. The van der Waals surface area contributed by atoms with Crippen molar-refractivity contribution in [1.82, 2.24) is 14.8 Å². The second-order valence-electron chi connectivity index (χ2n) is 3.36. The van der Waals surface area contributed by atoms with E-state index in [0.717, 1.165) is 17.0 Å². The van der Waals surface area contributed by atoms with E-state index in [4.69, 9.17) is 4.74 Å². The van der Waals surface area contributed by atoms with Crippen LogP contribution in [0.15, 0.2) is 24.4 Å². The molecule has 0 aliphatic rings. The Morgan fingerprint density at radius 3 is 2.73 bits per heavy atom. The second kappa shape index (κ2) is 3.73. The van der Waals surface area contributed by atoms with E-state index < -0.39 is 0 Å². The molecule has 0 unspecified atom stereocenters. The maximum absolute atomic E-state index is 5.09. The highest BCUT2D eigenvalue weighted by Gasteiger charge is 2.09. The van der Waals surface area contributed by atoms with E-state index in [9.17, 15) is 0 Å². The molecule has 4 heteroatoms. The Labute approximate surface area is 88.5 Å². The van der Waals surface area contributed by atoms with Crippen LogP contribution in [0.2, 0.25) is 0 Å². The first-order chi connectivity index (χ1) is 7.22. The number of methoxy groups -OCH3 is 1. The zero-order chi connectivity index (χ0) is 10.8. The minimum Gasteiger partial charge on any atom is -0.481 e. The average Bonchev–Trinajstić information content (AvgIpc) is 2.59. The van der Waals surface area contributed by atoms with E-state index in [1.807, 2.05) is 43.0 Å². The highest BCUT2D eigenvalue weighted by molar-refractivity contribution is 5.59. The molecule has 0 aliphatic heterocycles. The Kier molecular flexibility index (Phi) is 2.41. The third-order valence-corrected chi connectivity index (χ3v) is 2.30. The standard InChI is InChI=1S/C11H13N3O/c1-8-7-12-14(2)11(8)9-5-4-6-10(13-9)15-3/h4-7H,1-3H3. The van der Waals surface area contributed by atoms with Gasteiger partial charge in [-0.1, -0.05) is 6.07 Å². The molecule has 0 aliphatic carbocycles. The lowest BCUT2D eigenvalue weighted by molar-refractivity contribution is 0.398. The summed E-state index contributed by atoms with van der Waals surface area (Å²) in [6.07, 6.45) is 1.83. The SMILES string of the molecule is COc1cccc(-c2c(C)cnn2C)n1. The molecule has 15 heavy (non-hydrogen) atoms. The van der Waals surface area contributed by atoms with Gasteiger partial charge in [-0.05, 0) is 18.6 Å². The van der Waals surface area contributed by atoms with Crippen molar-refractivity contribution < 1.29 is 4.74 Å². The summed E-state index contributed by atoms with van der Waals surface area (Å²) < 4.78 is 6.91. The van der Waals surface area contributed by atoms with Crippen molar-refractivity contribution in [2.45, 2.75) is 6.92 Å². The third kappa shape index (κ3) is 1.70. The van der Waals surface area contributed by atoms with Gasteiger partial charge in [0.15, 0.2) is 0 Å². The number of aryl methyl sites for hydroxylation is 2. The van der Waals surface area contributed by atoms with Crippen molar-refractivity contribution in [3.63, 3.8) is 0 Å². The first-order valence-electron chi connectivity index (χ1n) is 4.72. The van der Waals surface area contributed by atoms with Crippen LogP contribution in [-0.2, 0) is 7.05 Å². The zero-order valence-electron chi connectivity index (χ0n) is 9.06. The summed E-state index contributed by atoms with van der Waals surface area (Å²) >= 11 is 0. The van der Waals surface area contributed by atoms with Gasteiger partial charge in [-0.15, -0.1) is 0 Å². The van der Waals surface area contributed by atoms with E-state index in [1.54, 1.807) is 7.11 Å². The molecule has 0 radical (unpaired) electrons. The normalized spacial score (nSPS) is 10.3. The first-order valence-corrected chi connectivity index (χ1v) is 4.72. The van der Waals surface area contributed by atoms with Crippen LogP contribution in [0.25, 0.3) is 11.4 Å². The van der Waals surface area contributed by atoms with Crippen LogP contribution in [0, 0.1) is 6.92 Å². The lowest BCUT2D eigenvalue weighted by Gasteiger charge is -2.04. The van der Waals surface area contributed by atoms with E-state index in [-0.39, 0.29) is 0 Å². The van der Waals surface area contributed by atoms with Crippen LogP contribution in [0.5, 0.6) is 5.88 Å². The Morgan fingerprint density at radius 1 is 1.33 bits per heavy atom. The van der Waals surface area contributed by atoms with Crippen LogP contribution >= 0.6 is 0 Å². The highest BCUT2D eigenvalue weighted by atomic mass is 16.5. The molecule has 0 aromatic carbocycles. The predicted octanol–water partition coefficient (Wildman–Crippen LogP) is 1.80. The van der Waals surface area contributed by atoms with Crippen LogP contribution < -0.4 is 4.74 Å². The van der Waals surface area contributed by atoms with Gasteiger partial charge in [0.05, 0.1) is 24.7 Å². The number of aromatic nitrogens is 3. The fraction of sp³-hybridized carbons (Fsp3) is 0.273. The van der Waals surface area contributed by atoms with E-state index in [0.29, 0.717) is 5.88 Å². The molecule has 2 aromatic heterocycles. The summed E-state index contributed by atoms with van der Waals surface area (Å²) in [5.74, 6) is 0.619. The molecule has 2 aromatic rings. The number of hydrogen-bond donors (Lipinski definition) is 0. The molecule has 0 atom stereocenters. The number of pyridine rings is 1. The van der Waals surface area contributed by atoms with Crippen molar-refractivity contribution in [3.05, 3.63) is 30.0 Å². The molecule has 0 fully saturated rings. The summed E-state index contributed by atoms with van der Waals surface area (Å²) in [7, 11) is 3.52. The summed E-state index contributed by atoms with van der Waals surface area (Å²) in [4.78, 5) is 4.37. The lowest BCUT2D eigenvalue weighted by Crippen LogP contribution is -1.97. The molecular formula is C11H13N3O. The van der Waals surface area contributed by atoms with Crippen molar-refractivity contribution in [1.29, 1.82) is 0 Å². The highest BCUT2D eigenvalue weighted by Crippen LogP contribution is 2.22. The van der Waals surface area contributed by atoms with Crippen LogP contribution in [0.1, 0.15) is 5.56 Å². The number of ether oxygens (including phenoxy) is 1. The van der Waals surface area contributed by atoms with E-state index in [2.05, 4.69) is 10.1 Å². The molecule has 0 bridgehead atoms. The first kappa shape index (κ1) is 9.71. The Bertz CT molecular complexity index is 457. The van der Waals surface area contributed by atoms with Crippen molar-refractivity contribution >= 4 is 0 Å². The van der Waals surface area contributed by atoms with Gasteiger partial charge in [0.1, 0.15) is 0 Å². The van der Waals surface area contributed by atoms with E-state index >= 15 is 0 Å². The van der Waals surface area contributed by atoms with Gasteiger partial charge >= 0.3 is 0 Å². The molecule has 0 saturated heterocycles. The number of rotatable bonds is 2. The Morgan fingerprint density at radius 2 is 2.13 bits per heavy atom. The molecule has 0 N–H and O–H groups in total. The summed E-state index contributed by atoms with van der Waals surface area (Å²) in [5, 5.41) is 4.18. The van der Waals surface area contributed by atoms with Gasteiger partial charge < -0.3 is 4.74 Å². The zero-order valence-corrected chi connectivity index (χ0v) is 9.06. The molecule has 78 valence electrons. The van der Waals surface area contributed by atoms with Crippen molar-refractivity contribution in [2.24, 2.45) is 7.05 Å². The summed E-state index contributed by atoms with van der Waals surface area (Å²) in [6.45, 7) is 2.02. The minimum absolute atomic E-state index is 0.619. The van der Waals surface area contributed by atoms with Gasteiger partial charge in [0.2, 0.25) is 5.88 Å². The molecule has 0 saturated carbocycles. The molecule has 0 spiro atoms. The maximum atomic E-state index is 5.09. The van der Waals surface area contributed by atoms with Gasteiger partial charge in [0.25, 0.3) is 0 Å². The van der Waals surface area contributed by atoms with Crippen LogP contribution in [0.3, 0.4) is 0 Å². The average molecular weight is 203 g/mol. The minimum atomic E-state index is 0.619. The Hall–Kier alpha value is -1.84. The summed E-state index contributed by atoms with van der Waals surface area (Å²) in [6, 6.07) is 5.70. The van der Waals surface area contributed by atoms with Crippen LogP contribution in [-0.4, -0.2) is 21.9 Å². The van der Waals surface area contributed by atoms with Crippen molar-refractivity contribution in [2.75, 3.05) is 7.11 Å². The van der Waals surface area contributed by atoms with Gasteiger partial charge in [0, 0.05) is 13.1 Å². The molecular weight excluding hydrogens is 190 g/mol. The quantitative estimate of drug-likeness (QED) is 0.747.